The van der Waals surface area contributed by atoms with E-state index in [0.717, 1.165) is 12.1 Å². The van der Waals surface area contributed by atoms with Gasteiger partial charge in [0, 0.05) is 24.9 Å². The van der Waals surface area contributed by atoms with Gasteiger partial charge in [-0.3, -0.25) is 4.98 Å². The minimum absolute atomic E-state index is 0.346. The molecule has 4 nitrogen and oxygen atoms in total. The maximum atomic E-state index is 11.3. The van der Waals surface area contributed by atoms with Crippen LogP contribution in [-0.4, -0.2) is 24.1 Å². The van der Waals surface area contributed by atoms with Crippen molar-refractivity contribution in [3.63, 3.8) is 0 Å². The van der Waals surface area contributed by atoms with E-state index in [9.17, 15) is 4.79 Å². The van der Waals surface area contributed by atoms with Crippen molar-refractivity contribution in [1.82, 2.24) is 10.3 Å². The van der Waals surface area contributed by atoms with Crippen molar-refractivity contribution < 1.29 is 9.53 Å². The Kier molecular flexibility index (Phi) is 6.08. The van der Waals surface area contributed by atoms with Gasteiger partial charge in [0.05, 0.1) is 12.3 Å². The zero-order valence-corrected chi connectivity index (χ0v) is 11.0. The third kappa shape index (κ3) is 4.30. The normalized spacial score (nSPS) is 10.1. The average Bonchev–Trinajstić information content (AvgIpc) is 2.39. The number of rotatable bonds is 7. The van der Waals surface area contributed by atoms with Crippen LogP contribution in [0, 0.1) is 0 Å². The van der Waals surface area contributed by atoms with Crippen LogP contribution < -0.4 is 5.32 Å². The smallest absolute Gasteiger partial charge is 0.334 e. The quantitative estimate of drug-likeness (QED) is 0.591. The van der Waals surface area contributed by atoms with E-state index in [1.54, 1.807) is 13.1 Å². The van der Waals surface area contributed by atoms with Crippen LogP contribution in [0.15, 0.2) is 30.5 Å². The van der Waals surface area contributed by atoms with Gasteiger partial charge in [0.2, 0.25) is 0 Å². The van der Waals surface area contributed by atoms with Gasteiger partial charge in [0.25, 0.3) is 0 Å². The minimum Gasteiger partial charge on any atom is -0.463 e. The van der Waals surface area contributed by atoms with Crippen LogP contribution in [0.4, 0.5) is 0 Å². The Morgan fingerprint density at radius 2 is 2.28 bits per heavy atom. The molecule has 98 valence electrons. The maximum Gasteiger partial charge on any atom is 0.334 e. The van der Waals surface area contributed by atoms with E-state index in [1.165, 1.54) is 5.56 Å². The van der Waals surface area contributed by atoms with Crippen molar-refractivity contribution in [2.75, 3.05) is 13.2 Å². The van der Waals surface area contributed by atoms with Gasteiger partial charge >= 0.3 is 5.97 Å². The van der Waals surface area contributed by atoms with Crippen molar-refractivity contribution >= 4 is 5.97 Å². The summed E-state index contributed by atoms with van der Waals surface area (Å²) in [5.41, 5.74) is 2.66. The molecule has 0 saturated heterocycles. The molecule has 1 rings (SSSR count). The van der Waals surface area contributed by atoms with Gasteiger partial charge in [-0.25, -0.2) is 4.79 Å². The summed E-state index contributed by atoms with van der Waals surface area (Å²) < 4.78 is 4.86. The van der Waals surface area contributed by atoms with Gasteiger partial charge < -0.3 is 10.1 Å². The molecule has 0 aliphatic carbocycles. The Morgan fingerprint density at radius 3 is 2.94 bits per heavy atom. The summed E-state index contributed by atoms with van der Waals surface area (Å²) in [6.07, 6.45) is 2.72. The second kappa shape index (κ2) is 7.61. The second-order valence-corrected chi connectivity index (χ2v) is 3.89. The van der Waals surface area contributed by atoms with Gasteiger partial charge in [0.1, 0.15) is 0 Å². The number of esters is 1. The van der Waals surface area contributed by atoms with E-state index in [1.807, 2.05) is 6.07 Å². The van der Waals surface area contributed by atoms with Crippen LogP contribution in [0.1, 0.15) is 25.1 Å². The molecule has 0 bridgehead atoms. The molecule has 0 fully saturated rings. The Hall–Kier alpha value is -1.68. The summed E-state index contributed by atoms with van der Waals surface area (Å²) in [7, 11) is 0. The fraction of sp³-hybridized carbons (Fsp3) is 0.429. The van der Waals surface area contributed by atoms with E-state index in [-0.39, 0.29) is 5.97 Å². The molecule has 4 heteroatoms. The lowest BCUT2D eigenvalue weighted by molar-refractivity contribution is -0.138. The minimum atomic E-state index is -0.346. The molecular formula is C14H20N2O2. The number of carbonyl (C=O) groups is 1. The van der Waals surface area contributed by atoms with E-state index in [4.69, 9.17) is 4.74 Å². The number of nitrogens with one attached hydrogen (secondary N) is 1. The summed E-state index contributed by atoms with van der Waals surface area (Å²) in [6, 6.07) is 3.99. The summed E-state index contributed by atoms with van der Waals surface area (Å²) >= 11 is 0. The molecule has 0 aliphatic rings. The molecule has 1 heterocycles. The van der Waals surface area contributed by atoms with Crippen LogP contribution >= 0.6 is 0 Å². The predicted octanol–water partition coefficient (Wildman–Crippen LogP) is 1.85. The first-order valence-corrected chi connectivity index (χ1v) is 6.17. The Balaban J connectivity index is 2.42. The third-order valence-electron chi connectivity index (χ3n) is 2.56. The molecule has 1 aromatic heterocycles. The summed E-state index contributed by atoms with van der Waals surface area (Å²) in [5.74, 6) is -0.346. The molecule has 0 amide bonds. The molecule has 1 aromatic rings. The number of pyridine rings is 1. The van der Waals surface area contributed by atoms with Gasteiger partial charge in [-0.1, -0.05) is 19.6 Å². The van der Waals surface area contributed by atoms with Crippen LogP contribution in [-0.2, 0) is 22.5 Å². The molecule has 0 atom stereocenters. The first-order chi connectivity index (χ1) is 8.69. The van der Waals surface area contributed by atoms with Gasteiger partial charge in [-0.2, -0.15) is 0 Å². The van der Waals surface area contributed by atoms with Crippen molar-refractivity contribution in [3.05, 3.63) is 41.7 Å². The summed E-state index contributed by atoms with van der Waals surface area (Å²) in [6.45, 7) is 8.98. The van der Waals surface area contributed by atoms with E-state index in [2.05, 4.69) is 29.9 Å². The van der Waals surface area contributed by atoms with Crippen molar-refractivity contribution in [2.24, 2.45) is 0 Å². The number of hydrogen-bond acceptors (Lipinski definition) is 4. The zero-order valence-electron chi connectivity index (χ0n) is 11.0. The van der Waals surface area contributed by atoms with Crippen molar-refractivity contribution in [1.29, 1.82) is 0 Å². The second-order valence-electron chi connectivity index (χ2n) is 3.89. The zero-order chi connectivity index (χ0) is 13.4. The van der Waals surface area contributed by atoms with Crippen molar-refractivity contribution in [2.45, 2.75) is 26.8 Å². The molecular weight excluding hydrogens is 228 g/mol. The van der Waals surface area contributed by atoms with Crippen LogP contribution in [0.3, 0.4) is 0 Å². The van der Waals surface area contributed by atoms with Crippen LogP contribution in [0.2, 0.25) is 0 Å². The van der Waals surface area contributed by atoms with E-state index >= 15 is 0 Å². The maximum absolute atomic E-state index is 11.3. The van der Waals surface area contributed by atoms with Gasteiger partial charge in [-0.15, -0.1) is 0 Å². The Labute approximate surface area is 108 Å². The largest absolute Gasteiger partial charge is 0.463 e. The predicted molar refractivity (Wildman–Crippen MR) is 71.1 cm³/mol. The number of aryl methyl sites for hydroxylation is 1. The molecule has 0 unspecified atom stereocenters. The lowest BCUT2D eigenvalue weighted by Gasteiger charge is -2.09. The highest BCUT2D eigenvalue weighted by atomic mass is 16.5. The van der Waals surface area contributed by atoms with E-state index < -0.39 is 0 Å². The Morgan fingerprint density at radius 1 is 1.50 bits per heavy atom. The SMILES string of the molecule is C=C(CNCc1ncccc1CC)C(=O)OCC. The molecule has 18 heavy (non-hydrogen) atoms. The lowest BCUT2D eigenvalue weighted by Crippen LogP contribution is -2.22. The highest BCUT2D eigenvalue weighted by molar-refractivity contribution is 5.88. The number of hydrogen-bond donors (Lipinski definition) is 1. The monoisotopic (exact) mass is 248 g/mol. The fourth-order valence-electron chi connectivity index (χ4n) is 1.59. The first kappa shape index (κ1) is 14.4. The number of aromatic nitrogens is 1. The topological polar surface area (TPSA) is 51.2 Å². The highest BCUT2D eigenvalue weighted by Gasteiger charge is 2.07. The highest BCUT2D eigenvalue weighted by Crippen LogP contribution is 2.05. The van der Waals surface area contributed by atoms with Crippen LogP contribution in [0.25, 0.3) is 0 Å². The summed E-state index contributed by atoms with van der Waals surface area (Å²) in [5, 5.41) is 3.15. The van der Waals surface area contributed by atoms with Crippen LogP contribution in [0.5, 0.6) is 0 Å². The standard InChI is InChI=1S/C14H20N2O2/c1-4-12-7-6-8-16-13(12)10-15-9-11(3)14(17)18-5-2/h6-8,15H,3-5,9-10H2,1-2H3. The third-order valence-corrected chi connectivity index (χ3v) is 2.56. The Bertz CT molecular complexity index is 416. The average molecular weight is 248 g/mol. The molecule has 0 aromatic carbocycles. The first-order valence-electron chi connectivity index (χ1n) is 6.17. The number of carbonyl (C=O) groups excluding carboxylic acids is 1. The summed E-state index contributed by atoms with van der Waals surface area (Å²) in [4.78, 5) is 15.7. The number of nitrogens with zero attached hydrogens (tertiary/aromatic N) is 1. The molecule has 1 N–H and O–H groups in total. The lowest BCUT2D eigenvalue weighted by atomic mass is 10.1. The van der Waals surface area contributed by atoms with Crippen molar-refractivity contribution in [3.8, 4) is 0 Å². The van der Waals surface area contributed by atoms with Gasteiger partial charge in [-0.05, 0) is 25.0 Å². The molecule has 0 saturated carbocycles. The number of ether oxygens (including phenoxy) is 1. The fourth-order valence-corrected chi connectivity index (χ4v) is 1.59. The molecule has 0 aliphatic heterocycles. The van der Waals surface area contributed by atoms with E-state index in [0.29, 0.717) is 25.3 Å². The molecule has 0 radical (unpaired) electrons. The van der Waals surface area contributed by atoms with Gasteiger partial charge in [0.15, 0.2) is 0 Å². The molecule has 0 spiro atoms.